The standard InChI is InChI=1S/C9H17N5O/c1-4-6-9(15)13(3)7(5-10)8(11)14(6)12-2/h5-6,11-12H,4,10H2,1-3H3/b7-5+,11-8?. The molecule has 1 amide bonds. The van der Waals surface area contributed by atoms with E-state index in [0.29, 0.717) is 12.1 Å². The van der Waals surface area contributed by atoms with E-state index in [1.54, 1.807) is 14.1 Å². The van der Waals surface area contributed by atoms with Crippen LogP contribution < -0.4 is 11.2 Å². The number of amidine groups is 1. The van der Waals surface area contributed by atoms with Crippen LogP contribution in [0, 0.1) is 5.41 Å². The Labute approximate surface area is 89.2 Å². The van der Waals surface area contributed by atoms with Gasteiger partial charge in [-0.1, -0.05) is 6.92 Å². The van der Waals surface area contributed by atoms with Crippen LogP contribution in [0.1, 0.15) is 13.3 Å². The van der Waals surface area contributed by atoms with Gasteiger partial charge in [-0.2, -0.15) is 0 Å². The van der Waals surface area contributed by atoms with Gasteiger partial charge in [-0.3, -0.25) is 15.2 Å². The summed E-state index contributed by atoms with van der Waals surface area (Å²) >= 11 is 0. The number of nitrogens with two attached hydrogens (primary N) is 1. The molecule has 1 aliphatic rings. The zero-order chi connectivity index (χ0) is 11.6. The van der Waals surface area contributed by atoms with E-state index < -0.39 is 0 Å². The molecule has 1 atom stereocenters. The van der Waals surface area contributed by atoms with Crippen molar-refractivity contribution in [3.63, 3.8) is 0 Å². The van der Waals surface area contributed by atoms with Crippen LogP contribution in [-0.4, -0.2) is 41.8 Å². The molecule has 1 rings (SSSR count). The summed E-state index contributed by atoms with van der Waals surface area (Å²) in [4.78, 5) is 13.3. The molecular formula is C9H17N5O. The minimum atomic E-state index is -0.337. The van der Waals surface area contributed by atoms with Gasteiger partial charge in [0.2, 0.25) is 0 Å². The van der Waals surface area contributed by atoms with Crippen LogP contribution in [-0.2, 0) is 4.79 Å². The Kier molecular flexibility index (Phi) is 3.31. The summed E-state index contributed by atoms with van der Waals surface area (Å²) in [6, 6.07) is -0.337. The number of likely N-dealkylation sites (N-methyl/N-ethyl adjacent to an activating group) is 1. The number of carbonyl (C=O) groups excluding carboxylic acids is 1. The first-order valence-corrected chi connectivity index (χ1v) is 4.83. The lowest BCUT2D eigenvalue weighted by Gasteiger charge is -2.40. The molecule has 1 unspecified atom stereocenters. The van der Waals surface area contributed by atoms with Crippen molar-refractivity contribution < 1.29 is 4.79 Å². The Morgan fingerprint density at radius 1 is 1.67 bits per heavy atom. The molecular weight excluding hydrogens is 194 g/mol. The van der Waals surface area contributed by atoms with Gasteiger partial charge >= 0.3 is 0 Å². The average molecular weight is 211 g/mol. The molecule has 1 saturated heterocycles. The van der Waals surface area contributed by atoms with E-state index in [0.717, 1.165) is 0 Å². The topological polar surface area (TPSA) is 85.5 Å². The summed E-state index contributed by atoms with van der Waals surface area (Å²) in [5.74, 6) is 0.161. The largest absolute Gasteiger partial charge is 0.403 e. The van der Waals surface area contributed by atoms with Gasteiger partial charge in [0.1, 0.15) is 11.7 Å². The molecule has 1 aliphatic heterocycles. The number of hydrogen-bond acceptors (Lipinski definition) is 4. The Bertz CT molecular complexity index is 312. The second-order valence-corrected chi connectivity index (χ2v) is 3.32. The van der Waals surface area contributed by atoms with Crippen molar-refractivity contribution in [2.45, 2.75) is 19.4 Å². The quantitative estimate of drug-likeness (QED) is 0.572. The van der Waals surface area contributed by atoms with Crippen LogP contribution in [0.4, 0.5) is 0 Å². The van der Waals surface area contributed by atoms with Gasteiger partial charge in [-0.25, -0.2) is 5.43 Å². The van der Waals surface area contributed by atoms with Gasteiger partial charge in [-0.15, -0.1) is 0 Å². The van der Waals surface area contributed by atoms with Crippen molar-refractivity contribution in [3.05, 3.63) is 11.9 Å². The Morgan fingerprint density at radius 2 is 2.27 bits per heavy atom. The third-order valence-electron chi connectivity index (χ3n) is 2.56. The summed E-state index contributed by atoms with van der Waals surface area (Å²) in [5, 5.41) is 9.41. The average Bonchev–Trinajstić information content (AvgIpc) is 2.23. The van der Waals surface area contributed by atoms with Crippen molar-refractivity contribution >= 4 is 11.7 Å². The molecule has 84 valence electrons. The van der Waals surface area contributed by atoms with E-state index in [4.69, 9.17) is 11.1 Å². The lowest BCUT2D eigenvalue weighted by molar-refractivity contribution is -0.134. The first-order chi connectivity index (χ1) is 7.08. The van der Waals surface area contributed by atoms with Crippen LogP contribution in [0.15, 0.2) is 11.9 Å². The lowest BCUT2D eigenvalue weighted by Crippen LogP contribution is -2.60. The predicted octanol–water partition coefficient (Wildman–Crippen LogP) is -0.549. The van der Waals surface area contributed by atoms with E-state index in [-0.39, 0.29) is 17.8 Å². The molecule has 15 heavy (non-hydrogen) atoms. The number of nitrogens with zero attached hydrogens (tertiary/aromatic N) is 2. The number of nitrogens with one attached hydrogen (secondary N) is 2. The molecule has 0 aromatic carbocycles. The lowest BCUT2D eigenvalue weighted by atomic mass is 10.1. The summed E-state index contributed by atoms with van der Waals surface area (Å²) in [6.45, 7) is 1.91. The number of carbonyl (C=O) groups is 1. The van der Waals surface area contributed by atoms with Gasteiger partial charge in [-0.05, 0) is 6.42 Å². The molecule has 0 aliphatic carbocycles. The molecule has 0 spiro atoms. The smallest absolute Gasteiger partial charge is 0.251 e. The first kappa shape index (κ1) is 11.5. The third kappa shape index (κ3) is 1.68. The summed E-state index contributed by atoms with van der Waals surface area (Å²) in [7, 11) is 3.31. The molecule has 0 aromatic rings. The maximum absolute atomic E-state index is 11.9. The Balaban J connectivity index is 3.09. The highest BCUT2D eigenvalue weighted by atomic mass is 16.2. The van der Waals surface area contributed by atoms with Gasteiger partial charge in [0.15, 0.2) is 5.84 Å². The Hall–Kier alpha value is -1.56. The van der Waals surface area contributed by atoms with Gasteiger partial charge in [0.25, 0.3) is 5.91 Å². The van der Waals surface area contributed by atoms with Crippen molar-refractivity contribution in [3.8, 4) is 0 Å². The second-order valence-electron chi connectivity index (χ2n) is 3.32. The van der Waals surface area contributed by atoms with E-state index in [1.165, 1.54) is 16.1 Å². The van der Waals surface area contributed by atoms with Crippen LogP contribution in [0.3, 0.4) is 0 Å². The van der Waals surface area contributed by atoms with E-state index in [1.807, 2.05) is 6.92 Å². The van der Waals surface area contributed by atoms with Gasteiger partial charge in [0, 0.05) is 20.3 Å². The number of hydrogen-bond donors (Lipinski definition) is 3. The fraction of sp³-hybridized carbons (Fsp3) is 0.556. The highest BCUT2D eigenvalue weighted by Crippen LogP contribution is 2.19. The van der Waals surface area contributed by atoms with Crippen molar-refractivity contribution in [1.29, 1.82) is 5.41 Å². The molecule has 1 heterocycles. The maximum Gasteiger partial charge on any atom is 0.251 e. The molecule has 6 nitrogen and oxygen atoms in total. The highest BCUT2D eigenvalue weighted by molar-refractivity contribution is 6.05. The SMILES string of the molecule is CCC1C(=O)N(C)/C(=C/N)C(=N)N1NC. The highest BCUT2D eigenvalue weighted by Gasteiger charge is 2.37. The predicted molar refractivity (Wildman–Crippen MR) is 57.7 cm³/mol. The molecule has 0 saturated carbocycles. The zero-order valence-electron chi connectivity index (χ0n) is 9.24. The van der Waals surface area contributed by atoms with E-state index >= 15 is 0 Å². The molecule has 0 bridgehead atoms. The number of rotatable bonds is 2. The van der Waals surface area contributed by atoms with Crippen molar-refractivity contribution in [2.75, 3.05) is 14.1 Å². The number of piperazine rings is 1. The fourth-order valence-corrected chi connectivity index (χ4v) is 1.71. The summed E-state index contributed by atoms with van der Waals surface area (Å²) in [5.41, 5.74) is 8.65. The second kappa shape index (κ2) is 4.31. The number of amides is 1. The van der Waals surface area contributed by atoms with Gasteiger partial charge < -0.3 is 10.6 Å². The molecule has 6 heteroatoms. The normalized spacial score (nSPS) is 25.3. The minimum absolute atomic E-state index is 0.0560. The van der Waals surface area contributed by atoms with Crippen LogP contribution >= 0.6 is 0 Å². The molecule has 0 radical (unpaired) electrons. The zero-order valence-corrected chi connectivity index (χ0v) is 9.24. The van der Waals surface area contributed by atoms with Crippen molar-refractivity contribution in [2.24, 2.45) is 5.73 Å². The van der Waals surface area contributed by atoms with Crippen LogP contribution in [0.2, 0.25) is 0 Å². The molecule has 4 N–H and O–H groups in total. The van der Waals surface area contributed by atoms with Crippen molar-refractivity contribution in [1.82, 2.24) is 15.3 Å². The van der Waals surface area contributed by atoms with Crippen LogP contribution in [0.5, 0.6) is 0 Å². The summed E-state index contributed by atoms with van der Waals surface area (Å²) < 4.78 is 0. The monoisotopic (exact) mass is 211 g/mol. The first-order valence-electron chi connectivity index (χ1n) is 4.83. The maximum atomic E-state index is 11.9. The van der Waals surface area contributed by atoms with Crippen LogP contribution in [0.25, 0.3) is 0 Å². The summed E-state index contributed by atoms with van der Waals surface area (Å²) in [6.07, 6.45) is 1.92. The van der Waals surface area contributed by atoms with E-state index in [2.05, 4.69) is 5.43 Å². The number of hydrazine groups is 1. The third-order valence-corrected chi connectivity index (χ3v) is 2.56. The van der Waals surface area contributed by atoms with Gasteiger partial charge in [0.05, 0.1) is 0 Å². The van der Waals surface area contributed by atoms with E-state index in [9.17, 15) is 4.79 Å². The fourth-order valence-electron chi connectivity index (χ4n) is 1.71. The Morgan fingerprint density at radius 3 is 2.67 bits per heavy atom. The molecule has 1 fully saturated rings. The minimum Gasteiger partial charge on any atom is -0.403 e. The molecule has 0 aromatic heterocycles.